The number of nitrogens with zero attached hydrogens (tertiary/aromatic N) is 3. The highest BCUT2D eigenvalue weighted by atomic mass is 16.5. The molecule has 0 saturated heterocycles. The zero-order valence-corrected chi connectivity index (χ0v) is 8.70. The maximum atomic E-state index is 11.5. The van der Waals surface area contributed by atoms with E-state index in [1.54, 1.807) is 25.4 Å². The van der Waals surface area contributed by atoms with Gasteiger partial charge in [0.25, 0.3) is 0 Å². The first-order valence-electron chi connectivity index (χ1n) is 4.86. The van der Waals surface area contributed by atoms with Crippen LogP contribution in [0.4, 0.5) is 0 Å². The van der Waals surface area contributed by atoms with Crippen LogP contribution < -0.4 is 0 Å². The van der Waals surface area contributed by atoms with E-state index in [1.807, 2.05) is 0 Å². The number of guanidine groups is 1. The van der Waals surface area contributed by atoms with Crippen molar-refractivity contribution in [2.45, 2.75) is 13.2 Å². The van der Waals surface area contributed by atoms with Crippen LogP contribution in [0.3, 0.4) is 0 Å². The molecule has 1 atom stereocenters. The maximum Gasteiger partial charge on any atom is 0.340 e. The van der Waals surface area contributed by atoms with Crippen molar-refractivity contribution in [3.8, 4) is 0 Å². The normalized spacial score (nSPS) is 22.4. The molecule has 2 rings (SSSR count). The average Bonchev–Trinajstić information content (AvgIpc) is 2.30. The van der Waals surface area contributed by atoms with E-state index in [-0.39, 0.29) is 12.2 Å². The largest absolute Gasteiger partial charge is 0.462 e. The Balaban J connectivity index is 2.25. The zero-order valence-electron chi connectivity index (χ0n) is 8.70. The van der Waals surface area contributed by atoms with Crippen LogP contribution in [-0.2, 0) is 9.53 Å². The third-order valence-corrected chi connectivity index (χ3v) is 2.13. The summed E-state index contributed by atoms with van der Waals surface area (Å²) < 4.78 is 4.81. The van der Waals surface area contributed by atoms with E-state index >= 15 is 0 Å². The summed E-state index contributed by atoms with van der Waals surface area (Å²) in [5.74, 6) is -0.219. The van der Waals surface area contributed by atoms with Crippen molar-refractivity contribution in [1.82, 2.24) is 4.90 Å². The van der Waals surface area contributed by atoms with Crippen molar-refractivity contribution in [2.75, 3.05) is 6.61 Å². The molecule has 0 saturated carbocycles. The van der Waals surface area contributed by atoms with Crippen LogP contribution in [0.2, 0.25) is 0 Å². The van der Waals surface area contributed by atoms with Crippen molar-refractivity contribution >= 4 is 18.1 Å². The molecule has 0 aromatic carbocycles. The molecule has 2 heterocycles. The average molecular weight is 221 g/mol. The van der Waals surface area contributed by atoms with Crippen molar-refractivity contribution in [1.29, 1.82) is 0 Å². The van der Waals surface area contributed by atoms with Crippen LogP contribution in [0.1, 0.15) is 6.92 Å². The Labute approximate surface area is 92.3 Å². The Kier molecular flexibility index (Phi) is 2.82. The molecule has 16 heavy (non-hydrogen) atoms. The maximum absolute atomic E-state index is 11.5. The number of esters is 1. The van der Waals surface area contributed by atoms with Crippen LogP contribution in [-0.4, -0.2) is 41.0 Å². The number of ether oxygens (including phenoxy) is 1. The van der Waals surface area contributed by atoms with E-state index in [4.69, 9.17) is 4.74 Å². The third-order valence-electron chi connectivity index (χ3n) is 2.13. The molecule has 0 aromatic rings. The van der Waals surface area contributed by atoms with Gasteiger partial charge >= 0.3 is 5.97 Å². The van der Waals surface area contributed by atoms with Gasteiger partial charge in [-0.1, -0.05) is 0 Å². The van der Waals surface area contributed by atoms with E-state index in [1.165, 1.54) is 11.1 Å². The minimum Gasteiger partial charge on any atom is -0.462 e. The van der Waals surface area contributed by atoms with Gasteiger partial charge in [0.1, 0.15) is 5.57 Å². The molecule has 0 aliphatic carbocycles. The van der Waals surface area contributed by atoms with Crippen molar-refractivity contribution < 1.29 is 14.6 Å². The van der Waals surface area contributed by atoms with Crippen molar-refractivity contribution in [2.24, 2.45) is 9.98 Å². The van der Waals surface area contributed by atoms with Gasteiger partial charge in [0.2, 0.25) is 5.96 Å². The standard InChI is InChI=1S/C10H11N3O3/c1-2-16-9(15)7-6-12-10-11-4-3-5-13(10)8(7)14/h3-6,8,14H,2H2,1H3/t8-/m1/s1. The van der Waals surface area contributed by atoms with Gasteiger partial charge in [0.05, 0.1) is 6.61 Å². The fraction of sp³-hybridized carbons (Fsp3) is 0.300. The Morgan fingerprint density at radius 3 is 3.25 bits per heavy atom. The van der Waals surface area contributed by atoms with Crippen LogP contribution in [0, 0.1) is 0 Å². The molecular formula is C10H11N3O3. The van der Waals surface area contributed by atoms with Crippen LogP contribution in [0.25, 0.3) is 0 Å². The Morgan fingerprint density at radius 1 is 1.69 bits per heavy atom. The van der Waals surface area contributed by atoms with Gasteiger partial charge in [-0.3, -0.25) is 4.90 Å². The number of rotatable bonds is 2. The first kappa shape index (κ1) is 10.6. The molecule has 0 bridgehead atoms. The molecular weight excluding hydrogens is 210 g/mol. The van der Waals surface area contributed by atoms with Gasteiger partial charge in [-0.15, -0.1) is 0 Å². The zero-order chi connectivity index (χ0) is 11.5. The first-order chi connectivity index (χ1) is 7.74. The van der Waals surface area contributed by atoms with Crippen LogP contribution >= 0.6 is 0 Å². The van der Waals surface area contributed by atoms with Gasteiger partial charge in [0, 0.05) is 18.6 Å². The molecule has 0 fully saturated rings. The summed E-state index contributed by atoms with van der Waals surface area (Å²) in [6, 6.07) is 0. The van der Waals surface area contributed by atoms with Gasteiger partial charge in [0.15, 0.2) is 6.23 Å². The van der Waals surface area contributed by atoms with E-state index < -0.39 is 12.2 Å². The topological polar surface area (TPSA) is 74.5 Å². The van der Waals surface area contributed by atoms with E-state index in [2.05, 4.69) is 9.98 Å². The van der Waals surface area contributed by atoms with Crippen LogP contribution in [0.15, 0.2) is 34.0 Å². The molecule has 6 heteroatoms. The monoisotopic (exact) mass is 221 g/mol. The smallest absolute Gasteiger partial charge is 0.340 e. The van der Waals surface area contributed by atoms with E-state index in [0.717, 1.165) is 0 Å². The fourth-order valence-electron chi connectivity index (χ4n) is 1.38. The highest BCUT2D eigenvalue weighted by molar-refractivity contribution is 5.98. The number of carbonyl (C=O) groups excluding carboxylic acids is 1. The Bertz CT molecular complexity index is 423. The third kappa shape index (κ3) is 1.74. The first-order valence-corrected chi connectivity index (χ1v) is 4.86. The second-order valence-electron chi connectivity index (χ2n) is 3.13. The highest BCUT2D eigenvalue weighted by Gasteiger charge is 2.30. The summed E-state index contributed by atoms with van der Waals surface area (Å²) in [6.45, 7) is 1.96. The number of aliphatic imine (C=N–C) groups is 2. The predicted octanol–water partition coefficient (Wildman–Crippen LogP) is 0.0215. The summed E-state index contributed by atoms with van der Waals surface area (Å²) >= 11 is 0. The number of hydrogen-bond donors (Lipinski definition) is 1. The molecule has 84 valence electrons. The number of hydrogen-bond acceptors (Lipinski definition) is 6. The second-order valence-corrected chi connectivity index (χ2v) is 3.13. The molecule has 0 radical (unpaired) electrons. The summed E-state index contributed by atoms with van der Waals surface area (Å²) in [5, 5.41) is 9.91. The van der Waals surface area contributed by atoms with Gasteiger partial charge in [-0.2, -0.15) is 0 Å². The lowest BCUT2D eigenvalue weighted by atomic mass is 10.2. The molecule has 0 unspecified atom stereocenters. The molecule has 0 amide bonds. The molecule has 1 N–H and O–H groups in total. The number of aliphatic hydroxyl groups is 1. The second kappa shape index (κ2) is 4.28. The summed E-state index contributed by atoms with van der Waals surface area (Å²) in [7, 11) is 0. The Hall–Kier alpha value is -1.95. The highest BCUT2D eigenvalue weighted by Crippen LogP contribution is 2.18. The molecule has 6 nitrogen and oxygen atoms in total. The number of allylic oxidation sites excluding steroid dienone is 1. The molecule has 2 aliphatic rings. The fourth-order valence-corrected chi connectivity index (χ4v) is 1.38. The summed E-state index contributed by atoms with van der Waals surface area (Å²) in [5.41, 5.74) is 0.104. The van der Waals surface area contributed by atoms with Gasteiger partial charge in [-0.25, -0.2) is 14.8 Å². The quantitative estimate of drug-likeness (QED) is 0.667. The predicted molar refractivity (Wildman–Crippen MR) is 57.6 cm³/mol. The minimum absolute atomic E-state index is 0.104. The van der Waals surface area contributed by atoms with Gasteiger partial charge in [-0.05, 0) is 13.0 Å². The lowest BCUT2D eigenvalue weighted by Crippen LogP contribution is -2.42. The van der Waals surface area contributed by atoms with Crippen molar-refractivity contribution in [3.63, 3.8) is 0 Å². The van der Waals surface area contributed by atoms with Gasteiger partial charge < -0.3 is 9.84 Å². The summed E-state index contributed by atoms with van der Waals surface area (Å²) in [4.78, 5) is 20.8. The lowest BCUT2D eigenvalue weighted by molar-refractivity contribution is -0.140. The molecule has 0 aromatic heterocycles. The lowest BCUT2D eigenvalue weighted by Gasteiger charge is -2.29. The van der Waals surface area contributed by atoms with E-state index in [9.17, 15) is 9.90 Å². The number of carbonyl (C=O) groups is 1. The van der Waals surface area contributed by atoms with Crippen molar-refractivity contribution in [3.05, 3.63) is 24.0 Å². The minimum atomic E-state index is -1.10. The Morgan fingerprint density at radius 2 is 2.50 bits per heavy atom. The number of fused-ring (bicyclic) bond motifs is 1. The van der Waals surface area contributed by atoms with Crippen LogP contribution in [0.5, 0.6) is 0 Å². The summed E-state index contributed by atoms with van der Waals surface area (Å²) in [6.07, 6.45) is 5.00. The number of aliphatic hydroxyl groups excluding tert-OH is 1. The molecule has 2 aliphatic heterocycles. The molecule has 0 spiro atoms. The SMILES string of the molecule is CCOC(=O)C1=CN=C2N=CC=CN2[C@@H]1O. The van der Waals surface area contributed by atoms with E-state index in [0.29, 0.717) is 5.96 Å².